The number of aromatic nitrogens is 1. The molecule has 0 saturated carbocycles. The quantitative estimate of drug-likeness (QED) is 0.804. The Balaban J connectivity index is 1.21. The molecule has 4 unspecified atom stereocenters. The van der Waals surface area contributed by atoms with Crippen molar-refractivity contribution in [2.75, 3.05) is 25.5 Å². The SMILES string of the molecule is COc1cc(C)ccc1Oc1ccc(NC(=O)N2CC3C4C=CC(O4)C3C2)cn1. The van der Waals surface area contributed by atoms with Gasteiger partial charge in [-0.1, -0.05) is 18.2 Å². The number of anilines is 1. The van der Waals surface area contributed by atoms with E-state index < -0.39 is 0 Å². The Kier molecular flexibility index (Phi) is 4.39. The first-order valence-corrected chi connectivity index (χ1v) is 9.79. The van der Waals surface area contributed by atoms with Crippen molar-refractivity contribution < 1.29 is 19.0 Å². The van der Waals surface area contributed by atoms with Crippen LogP contribution in [0.25, 0.3) is 0 Å². The highest BCUT2D eigenvalue weighted by atomic mass is 16.5. The Bertz CT molecular complexity index is 939. The zero-order valence-electron chi connectivity index (χ0n) is 16.4. The van der Waals surface area contributed by atoms with E-state index in [2.05, 4.69) is 22.5 Å². The van der Waals surface area contributed by atoms with Gasteiger partial charge < -0.3 is 24.4 Å². The smallest absolute Gasteiger partial charge is 0.321 e. The van der Waals surface area contributed by atoms with Gasteiger partial charge in [0.1, 0.15) is 0 Å². The second-order valence-corrected chi connectivity index (χ2v) is 7.75. The lowest BCUT2D eigenvalue weighted by Gasteiger charge is -2.19. The molecule has 29 heavy (non-hydrogen) atoms. The zero-order valence-corrected chi connectivity index (χ0v) is 16.4. The summed E-state index contributed by atoms with van der Waals surface area (Å²) < 4.78 is 17.0. The number of rotatable bonds is 4. The van der Waals surface area contributed by atoms with Crippen molar-refractivity contribution in [1.29, 1.82) is 0 Å². The number of hydrogen-bond donors (Lipinski definition) is 1. The van der Waals surface area contributed by atoms with Crippen LogP contribution in [0.2, 0.25) is 0 Å². The van der Waals surface area contributed by atoms with Crippen molar-refractivity contribution in [3.05, 3.63) is 54.2 Å². The second kappa shape index (κ2) is 7.08. The van der Waals surface area contributed by atoms with Crippen LogP contribution in [0.5, 0.6) is 17.4 Å². The number of benzene rings is 1. The number of amides is 2. The molecule has 2 bridgehead atoms. The first kappa shape index (κ1) is 18.0. The van der Waals surface area contributed by atoms with Gasteiger partial charge in [-0.2, -0.15) is 0 Å². The van der Waals surface area contributed by atoms with Crippen molar-refractivity contribution in [1.82, 2.24) is 9.88 Å². The van der Waals surface area contributed by atoms with E-state index in [1.54, 1.807) is 25.4 Å². The topological polar surface area (TPSA) is 72.9 Å². The Morgan fingerprint density at radius 1 is 1.14 bits per heavy atom. The van der Waals surface area contributed by atoms with Gasteiger partial charge in [0.05, 0.1) is 31.2 Å². The predicted octanol–water partition coefficient (Wildman–Crippen LogP) is 3.61. The summed E-state index contributed by atoms with van der Waals surface area (Å²) in [6.07, 6.45) is 6.18. The number of urea groups is 1. The predicted molar refractivity (Wildman–Crippen MR) is 107 cm³/mol. The van der Waals surface area contributed by atoms with Crippen LogP contribution in [0, 0.1) is 18.8 Å². The number of carbonyl (C=O) groups is 1. The van der Waals surface area contributed by atoms with E-state index in [0.29, 0.717) is 34.9 Å². The van der Waals surface area contributed by atoms with Gasteiger partial charge in [-0.05, 0) is 30.7 Å². The largest absolute Gasteiger partial charge is 0.493 e. The number of hydrogen-bond acceptors (Lipinski definition) is 5. The molecule has 0 spiro atoms. The summed E-state index contributed by atoms with van der Waals surface area (Å²) in [5, 5.41) is 2.93. The maximum atomic E-state index is 12.6. The lowest BCUT2D eigenvalue weighted by molar-refractivity contribution is 0.0892. The Morgan fingerprint density at radius 2 is 1.90 bits per heavy atom. The van der Waals surface area contributed by atoms with Gasteiger partial charge in [0.15, 0.2) is 11.5 Å². The highest BCUT2D eigenvalue weighted by Gasteiger charge is 2.51. The fraction of sp³-hybridized carbons (Fsp3) is 0.364. The number of ether oxygens (including phenoxy) is 3. The standard InChI is InChI=1S/C22H23N3O4/c1-13-3-5-19(20(9-13)27-2)29-21-8-4-14(10-23-21)24-22(26)25-11-15-16(12-25)18-7-6-17(15)28-18/h3-10,15-18H,11-12H2,1-2H3,(H,24,26). The van der Waals surface area contributed by atoms with Gasteiger partial charge >= 0.3 is 6.03 Å². The molecule has 0 radical (unpaired) electrons. The van der Waals surface area contributed by atoms with E-state index in [1.807, 2.05) is 30.0 Å². The third-order valence-corrected chi connectivity index (χ3v) is 5.87. The number of likely N-dealkylation sites (tertiary alicyclic amines) is 1. The highest BCUT2D eigenvalue weighted by molar-refractivity contribution is 5.89. The van der Waals surface area contributed by atoms with Crippen molar-refractivity contribution in [3.8, 4) is 17.4 Å². The molecule has 5 rings (SSSR count). The van der Waals surface area contributed by atoms with Crippen LogP contribution in [-0.2, 0) is 4.74 Å². The van der Waals surface area contributed by atoms with E-state index in [1.165, 1.54) is 0 Å². The molecular weight excluding hydrogens is 370 g/mol. The van der Waals surface area contributed by atoms with Gasteiger partial charge in [-0.25, -0.2) is 9.78 Å². The molecule has 2 fully saturated rings. The molecule has 1 aromatic carbocycles. The average Bonchev–Trinajstić information content (AvgIpc) is 3.44. The maximum absolute atomic E-state index is 12.6. The van der Waals surface area contributed by atoms with E-state index in [0.717, 1.165) is 18.7 Å². The lowest BCUT2D eigenvalue weighted by atomic mass is 9.86. The monoisotopic (exact) mass is 393 g/mol. The molecule has 4 heterocycles. The molecule has 7 nitrogen and oxygen atoms in total. The van der Waals surface area contributed by atoms with Crippen LogP contribution in [-0.4, -0.2) is 48.3 Å². The summed E-state index contributed by atoms with van der Waals surface area (Å²) in [4.78, 5) is 18.8. The third kappa shape index (κ3) is 3.31. The molecule has 2 amide bonds. The average molecular weight is 393 g/mol. The normalized spacial score (nSPS) is 26.5. The van der Waals surface area contributed by atoms with E-state index in [4.69, 9.17) is 14.2 Å². The zero-order chi connectivity index (χ0) is 20.0. The minimum atomic E-state index is -0.102. The van der Waals surface area contributed by atoms with Crippen LogP contribution in [0.15, 0.2) is 48.7 Å². The Hall–Kier alpha value is -3.06. The van der Waals surface area contributed by atoms with Crippen LogP contribution in [0.1, 0.15) is 5.56 Å². The highest BCUT2D eigenvalue weighted by Crippen LogP contribution is 2.43. The Morgan fingerprint density at radius 3 is 2.55 bits per heavy atom. The summed E-state index contributed by atoms with van der Waals surface area (Å²) in [7, 11) is 1.60. The molecule has 2 aromatic rings. The molecule has 1 aromatic heterocycles. The summed E-state index contributed by atoms with van der Waals surface area (Å²) in [5.74, 6) is 2.50. The molecule has 7 heteroatoms. The number of methoxy groups -OCH3 is 1. The fourth-order valence-electron chi connectivity index (χ4n) is 4.38. The van der Waals surface area contributed by atoms with Crippen LogP contribution in [0.3, 0.4) is 0 Å². The minimum Gasteiger partial charge on any atom is -0.493 e. The first-order chi connectivity index (χ1) is 14.1. The Labute approximate surface area is 169 Å². The summed E-state index contributed by atoms with van der Waals surface area (Å²) >= 11 is 0. The lowest BCUT2D eigenvalue weighted by Crippen LogP contribution is -2.35. The number of nitrogens with one attached hydrogen (secondary N) is 1. The van der Waals surface area contributed by atoms with Gasteiger partial charge in [0.2, 0.25) is 5.88 Å². The van der Waals surface area contributed by atoms with Crippen molar-refractivity contribution in [3.63, 3.8) is 0 Å². The summed E-state index contributed by atoms with van der Waals surface area (Å²) in [6, 6.07) is 9.11. The molecule has 0 aliphatic carbocycles. The number of nitrogens with zero attached hydrogens (tertiary/aromatic N) is 2. The molecule has 2 saturated heterocycles. The second-order valence-electron chi connectivity index (χ2n) is 7.75. The minimum absolute atomic E-state index is 0.102. The molecule has 4 atom stereocenters. The summed E-state index contributed by atoms with van der Waals surface area (Å²) in [6.45, 7) is 3.44. The summed E-state index contributed by atoms with van der Waals surface area (Å²) in [5.41, 5.74) is 1.72. The first-order valence-electron chi connectivity index (χ1n) is 9.79. The van der Waals surface area contributed by atoms with E-state index in [-0.39, 0.29) is 18.2 Å². The third-order valence-electron chi connectivity index (χ3n) is 5.87. The molecular formula is C22H23N3O4. The molecule has 1 N–H and O–H groups in total. The van der Waals surface area contributed by atoms with E-state index >= 15 is 0 Å². The molecule has 3 aliphatic rings. The van der Waals surface area contributed by atoms with Gasteiger partial charge in [0.25, 0.3) is 0 Å². The fourth-order valence-corrected chi connectivity index (χ4v) is 4.38. The maximum Gasteiger partial charge on any atom is 0.321 e. The van der Waals surface area contributed by atoms with Crippen LogP contribution < -0.4 is 14.8 Å². The van der Waals surface area contributed by atoms with Crippen LogP contribution in [0.4, 0.5) is 10.5 Å². The van der Waals surface area contributed by atoms with Crippen molar-refractivity contribution in [2.45, 2.75) is 19.1 Å². The molecule has 3 aliphatic heterocycles. The van der Waals surface area contributed by atoms with Gasteiger partial charge in [-0.3, -0.25) is 0 Å². The molecule has 150 valence electrons. The van der Waals surface area contributed by atoms with E-state index in [9.17, 15) is 4.79 Å². The van der Waals surface area contributed by atoms with Gasteiger partial charge in [0, 0.05) is 31.0 Å². The number of aryl methyl sites for hydroxylation is 1. The van der Waals surface area contributed by atoms with Crippen LogP contribution >= 0.6 is 0 Å². The number of pyridine rings is 1. The number of fused-ring (bicyclic) bond motifs is 5. The van der Waals surface area contributed by atoms with Crippen molar-refractivity contribution >= 4 is 11.7 Å². The van der Waals surface area contributed by atoms with Gasteiger partial charge in [-0.15, -0.1) is 0 Å². The van der Waals surface area contributed by atoms with Crippen molar-refractivity contribution in [2.24, 2.45) is 11.8 Å². The number of carbonyl (C=O) groups excluding carboxylic acids is 1.